The van der Waals surface area contributed by atoms with Gasteiger partial charge < -0.3 is 10.6 Å². The first kappa shape index (κ1) is 16.8. The lowest BCUT2D eigenvalue weighted by atomic mass is 10.2. The van der Waals surface area contributed by atoms with Crippen LogP contribution in [0.4, 0.5) is 23.1 Å². The van der Waals surface area contributed by atoms with Crippen molar-refractivity contribution in [2.45, 2.75) is 6.92 Å². The monoisotopic (exact) mass is 379 g/mol. The van der Waals surface area contributed by atoms with E-state index >= 15 is 0 Å². The first-order chi connectivity index (χ1) is 11.5. The number of benzene rings is 2. The predicted molar refractivity (Wildman–Crippen MR) is 99.0 cm³/mol. The van der Waals surface area contributed by atoms with Gasteiger partial charge in [-0.15, -0.1) is 5.10 Å². The van der Waals surface area contributed by atoms with E-state index in [9.17, 15) is 0 Å². The third-order valence-corrected chi connectivity index (χ3v) is 4.52. The molecule has 0 saturated heterocycles. The van der Waals surface area contributed by atoms with Crippen LogP contribution in [0.3, 0.4) is 0 Å². The van der Waals surface area contributed by atoms with Gasteiger partial charge in [0.15, 0.2) is 5.82 Å². The molecule has 0 aliphatic rings. The topological polar surface area (TPSA) is 62.7 Å². The Morgan fingerprint density at radius 1 is 0.875 bits per heavy atom. The second-order valence-electron chi connectivity index (χ2n) is 4.93. The van der Waals surface area contributed by atoms with Crippen LogP contribution in [0.2, 0.25) is 15.1 Å². The Labute approximate surface area is 154 Å². The maximum absolute atomic E-state index is 6.16. The van der Waals surface area contributed by atoms with Gasteiger partial charge in [-0.3, -0.25) is 0 Å². The molecule has 0 radical (unpaired) electrons. The lowest BCUT2D eigenvalue weighted by Gasteiger charge is -2.11. The quantitative estimate of drug-likeness (QED) is 0.614. The molecule has 0 aliphatic carbocycles. The summed E-state index contributed by atoms with van der Waals surface area (Å²) in [6.45, 7) is 1.91. The van der Waals surface area contributed by atoms with Crippen LogP contribution in [0.15, 0.2) is 42.6 Å². The predicted octanol–water partition coefficient (Wildman–Crippen LogP) is 5.63. The zero-order valence-corrected chi connectivity index (χ0v) is 14.8. The van der Waals surface area contributed by atoms with E-state index in [1.54, 1.807) is 18.2 Å². The molecule has 5 nitrogen and oxygen atoms in total. The summed E-state index contributed by atoms with van der Waals surface area (Å²) < 4.78 is 0. The zero-order chi connectivity index (χ0) is 17.1. The third-order valence-electron chi connectivity index (χ3n) is 3.29. The summed E-state index contributed by atoms with van der Waals surface area (Å²) in [6.07, 6.45) is 1.49. The molecule has 2 aromatic carbocycles. The Balaban J connectivity index is 1.84. The summed E-state index contributed by atoms with van der Waals surface area (Å²) in [5.74, 6) is 0.819. The number of hydrogen-bond donors (Lipinski definition) is 2. The summed E-state index contributed by atoms with van der Waals surface area (Å²) in [5.41, 5.74) is 2.34. The van der Waals surface area contributed by atoms with Gasteiger partial charge in [-0.2, -0.15) is 10.1 Å². The van der Waals surface area contributed by atoms with Gasteiger partial charge in [-0.25, -0.2) is 0 Å². The van der Waals surface area contributed by atoms with Gasteiger partial charge in [0, 0.05) is 10.7 Å². The van der Waals surface area contributed by atoms with Crippen LogP contribution < -0.4 is 10.6 Å². The Hall–Kier alpha value is -2.08. The number of anilines is 4. The highest BCUT2D eigenvalue weighted by molar-refractivity contribution is 6.43. The number of aromatic nitrogens is 3. The van der Waals surface area contributed by atoms with E-state index in [2.05, 4.69) is 25.8 Å². The molecule has 0 atom stereocenters. The first-order valence-electron chi connectivity index (χ1n) is 6.97. The SMILES string of the molecule is Cc1c(Cl)cccc1Nc1nncc(Nc2cccc(Cl)c2Cl)n1. The van der Waals surface area contributed by atoms with E-state index in [1.807, 2.05) is 25.1 Å². The Morgan fingerprint density at radius 3 is 2.38 bits per heavy atom. The molecule has 3 aromatic rings. The maximum atomic E-state index is 6.16. The van der Waals surface area contributed by atoms with Crippen LogP contribution in [0.25, 0.3) is 0 Å². The molecule has 3 rings (SSSR count). The van der Waals surface area contributed by atoms with E-state index in [4.69, 9.17) is 34.8 Å². The summed E-state index contributed by atoms with van der Waals surface area (Å²) in [4.78, 5) is 4.36. The van der Waals surface area contributed by atoms with Crippen LogP contribution in [-0.2, 0) is 0 Å². The van der Waals surface area contributed by atoms with Gasteiger partial charge >= 0.3 is 0 Å². The molecule has 0 amide bonds. The third kappa shape index (κ3) is 3.70. The lowest BCUT2D eigenvalue weighted by Crippen LogP contribution is -2.03. The molecule has 122 valence electrons. The minimum absolute atomic E-state index is 0.337. The molecule has 0 saturated carbocycles. The Morgan fingerprint density at radius 2 is 1.58 bits per heavy atom. The van der Waals surface area contributed by atoms with E-state index < -0.39 is 0 Å². The van der Waals surface area contributed by atoms with Crippen molar-refractivity contribution in [1.29, 1.82) is 0 Å². The van der Waals surface area contributed by atoms with Crippen molar-refractivity contribution in [2.24, 2.45) is 0 Å². The average Bonchev–Trinajstić information content (AvgIpc) is 2.57. The van der Waals surface area contributed by atoms with Crippen LogP contribution in [0, 0.1) is 6.92 Å². The normalized spacial score (nSPS) is 10.5. The minimum Gasteiger partial charge on any atom is -0.338 e. The van der Waals surface area contributed by atoms with Crippen LogP contribution >= 0.6 is 34.8 Å². The Bertz CT molecular complexity index is 817. The maximum Gasteiger partial charge on any atom is 0.249 e. The molecular formula is C16H12Cl3N5. The molecule has 8 heteroatoms. The average molecular weight is 381 g/mol. The molecule has 24 heavy (non-hydrogen) atoms. The fourth-order valence-electron chi connectivity index (χ4n) is 2.02. The van der Waals surface area contributed by atoms with Gasteiger partial charge in [-0.1, -0.05) is 46.9 Å². The Kier molecular flexibility index (Phi) is 5.04. The molecule has 0 aliphatic heterocycles. The van der Waals surface area contributed by atoms with Crippen LogP contribution in [-0.4, -0.2) is 15.2 Å². The van der Waals surface area contributed by atoms with Crippen molar-refractivity contribution in [3.05, 3.63) is 63.2 Å². The zero-order valence-electron chi connectivity index (χ0n) is 12.5. The van der Waals surface area contributed by atoms with Gasteiger partial charge in [0.05, 0.1) is 21.9 Å². The molecular weight excluding hydrogens is 369 g/mol. The van der Waals surface area contributed by atoms with Crippen LogP contribution in [0.5, 0.6) is 0 Å². The molecule has 0 spiro atoms. The number of rotatable bonds is 4. The van der Waals surface area contributed by atoms with Crippen LogP contribution in [0.1, 0.15) is 5.56 Å². The summed E-state index contributed by atoms with van der Waals surface area (Å²) >= 11 is 18.3. The van der Waals surface area contributed by atoms with Gasteiger partial charge in [0.1, 0.15) is 0 Å². The highest BCUT2D eigenvalue weighted by Gasteiger charge is 2.08. The standard InChI is InChI=1S/C16H12Cl3N5/c1-9-10(17)4-2-6-12(9)22-16-23-14(8-20-24-16)21-13-7-3-5-11(18)15(13)19/h2-8H,1H3,(H2,21,22,23,24). The number of halogens is 3. The van der Waals surface area contributed by atoms with Gasteiger partial charge in [0.25, 0.3) is 0 Å². The summed E-state index contributed by atoms with van der Waals surface area (Å²) in [5, 5.41) is 15.6. The molecule has 2 N–H and O–H groups in total. The number of hydrogen-bond acceptors (Lipinski definition) is 5. The van der Waals surface area contributed by atoms with Gasteiger partial charge in [0.2, 0.25) is 5.95 Å². The van der Waals surface area contributed by atoms with E-state index in [0.717, 1.165) is 11.3 Å². The highest BCUT2D eigenvalue weighted by atomic mass is 35.5. The smallest absolute Gasteiger partial charge is 0.249 e. The molecule has 0 fully saturated rings. The second kappa shape index (κ2) is 7.21. The van der Waals surface area contributed by atoms with E-state index in [-0.39, 0.29) is 0 Å². The highest BCUT2D eigenvalue weighted by Crippen LogP contribution is 2.31. The first-order valence-corrected chi connectivity index (χ1v) is 8.11. The summed E-state index contributed by atoms with van der Waals surface area (Å²) in [6, 6.07) is 10.9. The lowest BCUT2D eigenvalue weighted by molar-refractivity contribution is 0.982. The minimum atomic E-state index is 0.337. The number of nitrogens with zero attached hydrogens (tertiary/aromatic N) is 3. The fourth-order valence-corrected chi connectivity index (χ4v) is 2.54. The number of nitrogens with one attached hydrogen (secondary N) is 2. The summed E-state index contributed by atoms with van der Waals surface area (Å²) in [7, 11) is 0. The molecule has 0 bridgehead atoms. The van der Waals surface area contributed by atoms with E-state index in [0.29, 0.717) is 32.5 Å². The fraction of sp³-hybridized carbons (Fsp3) is 0.0625. The van der Waals surface area contributed by atoms with Crippen molar-refractivity contribution in [2.75, 3.05) is 10.6 Å². The largest absolute Gasteiger partial charge is 0.338 e. The van der Waals surface area contributed by atoms with E-state index in [1.165, 1.54) is 6.20 Å². The molecule has 1 heterocycles. The second-order valence-corrected chi connectivity index (χ2v) is 6.12. The molecule has 1 aromatic heterocycles. The van der Waals surface area contributed by atoms with Crippen molar-refractivity contribution in [3.8, 4) is 0 Å². The van der Waals surface area contributed by atoms with Crippen molar-refractivity contribution < 1.29 is 0 Å². The van der Waals surface area contributed by atoms with Gasteiger partial charge in [-0.05, 0) is 36.8 Å². The van der Waals surface area contributed by atoms with Crippen molar-refractivity contribution >= 4 is 57.9 Å². The molecule has 0 unspecified atom stereocenters. The van der Waals surface area contributed by atoms with Crippen molar-refractivity contribution in [1.82, 2.24) is 15.2 Å². The van der Waals surface area contributed by atoms with Crippen molar-refractivity contribution in [3.63, 3.8) is 0 Å².